The molecule has 114 valence electrons. The number of carboxylic acids is 1. The first-order chi connectivity index (χ1) is 10.6. The minimum atomic E-state index is -0.829. The maximum Gasteiger partial charge on any atom is 0.306 e. The maximum absolute atomic E-state index is 12.4. The third-order valence-electron chi connectivity index (χ3n) is 3.98. The smallest absolute Gasteiger partial charge is 0.306 e. The van der Waals surface area contributed by atoms with Crippen LogP contribution in [0.15, 0.2) is 39.5 Å². The van der Waals surface area contributed by atoms with Crippen molar-refractivity contribution in [2.24, 2.45) is 5.92 Å². The summed E-state index contributed by atoms with van der Waals surface area (Å²) in [5.41, 5.74) is 0.115. The molecule has 1 aliphatic rings. The second-order valence-electron chi connectivity index (χ2n) is 5.38. The van der Waals surface area contributed by atoms with Crippen LogP contribution in [-0.2, 0) is 4.79 Å². The van der Waals surface area contributed by atoms with E-state index in [0.29, 0.717) is 36.9 Å². The third kappa shape index (κ3) is 2.59. The van der Waals surface area contributed by atoms with Crippen molar-refractivity contribution in [2.75, 3.05) is 13.1 Å². The van der Waals surface area contributed by atoms with Gasteiger partial charge in [0, 0.05) is 19.2 Å². The Kier molecular flexibility index (Phi) is 3.66. The van der Waals surface area contributed by atoms with Crippen LogP contribution in [-0.4, -0.2) is 35.0 Å². The second kappa shape index (κ2) is 5.63. The van der Waals surface area contributed by atoms with E-state index < -0.39 is 11.9 Å². The molecule has 0 radical (unpaired) electrons. The molecular formula is C16H15NO5. The molecule has 1 saturated heterocycles. The number of hydrogen-bond acceptors (Lipinski definition) is 4. The molecule has 1 aliphatic heterocycles. The fourth-order valence-electron chi connectivity index (χ4n) is 2.69. The normalized spacial score (nSPS) is 15.9. The van der Waals surface area contributed by atoms with Crippen molar-refractivity contribution in [1.29, 1.82) is 0 Å². The van der Waals surface area contributed by atoms with Crippen LogP contribution in [0.3, 0.4) is 0 Å². The average molecular weight is 301 g/mol. The fraction of sp³-hybridized carbons (Fsp3) is 0.312. The number of likely N-dealkylation sites (tertiary alicyclic amines) is 1. The number of carbonyl (C=O) groups excluding carboxylic acids is 1. The summed E-state index contributed by atoms with van der Waals surface area (Å²) < 4.78 is 5.52. The van der Waals surface area contributed by atoms with Gasteiger partial charge in [0.2, 0.25) is 0 Å². The van der Waals surface area contributed by atoms with E-state index >= 15 is 0 Å². The van der Waals surface area contributed by atoms with Gasteiger partial charge < -0.3 is 14.4 Å². The highest BCUT2D eigenvalue weighted by atomic mass is 16.4. The molecule has 0 saturated carbocycles. The van der Waals surface area contributed by atoms with Crippen LogP contribution in [0.4, 0.5) is 0 Å². The van der Waals surface area contributed by atoms with Gasteiger partial charge in [-0.1, -0.05) is 12.1 Å². The number of nitrogens with zero attached hydrogens (tertiary/aromatic N) is 1. The first-order valence-corrected chi connectivity index (χ1v) is 7.11. The summed E-state index contributed by atoms with van der Waals surface area (Å²) in [4.78, 5) is 36.9. The molecular weight excluding hydrogens is 286 g/mol. The van der Waals surface area contributed by atoms with Crippen LogP contribution in [0, 0.1) is 5.92 Å². The molecule has 1 fully saturated rings. The number of para-hydroxylation sites is 1. The van der Waals surface area contributed by atoms with Gasteiger partial charge in [-0.05, 0) is 25.0 Å². The number of hydrogen-bond donors (Lipinski definition) is 1. The Bertz CT molecular complexity index is 786. The topological polar surface area (TPSA) is 87.8 Å². The largest absolute Gasteiger partial charge is 0.481 e. The Morgan fingerprint density at radius 3 is 2.55 bits per heavy atom. The Balaban J connectivity index is 1.84. The average Bonchev–Trinajstić information content (AvgIpc) is 2.54. The molecule has 0 spiro atoms. The molecule has 1 N–H and O–H groups in total. The van der Waals surface area contributed by atoms with Gasteiger partial charge in [0.05, 0.1) is 11.3 Å². The number of rotatable bonds is 2. The van der Waals surface area contributed by atoms with Crippen LogP contribution in [0.1, 0.15) is 23.4 Å². The second-order valence-corrected chi connectivity index (χ2v) is 5.38. The van der Waals surface area contributed by atoms with E-state index in [4.69, 9.17) is 9.52 Å². The van der Waals surface area contributed by atoms with E-state index in [1.165, 1.54) is 11.0 Å². The highest BCUT2D eigenvalue weighted by Crippen LogP contribution is 2.20. The van der Waals surface area contributed by atoms with Crippen LogP contribution >= 0.6 is 0 Å². The van der Waals surface area contributed by atoms with E-state index in [1.807, 2.05) is 0 Å². The molecule has 22 heavy (non-hydrogen) atoms. The van der Waals surface area contributed by atoms with Crippen molar-refractivity contribution in [3.63, 3.8) is 0 Å². The predicted octanol–water partition coefficient (Wildman–Crippen LogP) is 1.73. The molecule has 1 aromatic carbocycles. The Labute approximate surface area is 126 Å². The Morgan fingerprint density at radius 2 is 1.86 bits per heavy atom. The van der Waals surface area contributed by atoms with Crippen molar-refractivity contribution >= 4 is 22.8 Å². The lowest BCUT2D eigenvalue weighted by Crippen LogP contribution is -2.40. The minimum Gasteiger partial charge on any atom is -0.481 e. The SMILES string of the molecule is O=C(O)C1CCN(C(=O)c2cc(=O)c3ccccc3o2)CC1. The van der Waals surface area contributed by atoms with Crippen molar-refractivity contribution in [1.82, 2.24) is 4.90 Å². The number of carbonyl (C=O) groups is 2. The van der Waals surface area contributed by atoms with Gasteiger partial charge in [-0.3, -0.25) is 14.4 Å². The highest BCUT2D eigenvalue weighted by molar-refractivity contribution is 5.93. The van der Waals surface area contributed by atoms with Gasteiger partial charge in [-0.15, -0.1) is 0 Å². The van der Waals surface area contributed by atoms with Crippen molar-refractivity contribution in [3.8, 4) is 0 Å². The number of fused-ring (bicyclic) bond motifs is 1. The summed E-state index contributed by atoms with van der Waals surface area (Å²) in [7, 11) is 0. The van der Waals surface area contributed by atoms with E-state index in [0.717, 1.165) is 0 Å². The van der Waals surface area contributed by atoms with Crippen LogP contribution < -0.4 is 5.43 Å². The third-order valence-corrected chi connectivity index (χ3v) is 3.98. The minimum absolute atomic E-state index is 0.00234. The Morgan fingerprint density at radius 1 is 1.18 bits per heavy atom. The first-order valence-electron chi connectivity index (χ1n) is 7.11. The lowest BCUT2D eigenvalue weighted by atomic mass is 9.97. The lowest BCUT2D eigenvalue weighted by molar-refractivity contribution is -0.143. The molecule has 0 aliphatic carbocycles. The molecule has 6 nitrogen and oxygen atoms in total. The molecule has 6 heteroatoms. The van der Waals surface area contributed by atoms with Crippen LogP contribution in [0.5, 0.6) is 0 Å². The van der Waals surface area contributed by atoms with Gasteiger partial charge in [0.25, 0.3) is 5.91 Å². The molecule has 0 unspecified atom stereocenters. The van der Waals surface area contributed by atoms with E-state index in [1.54, 1.807) is 24.3 Å². The number of benzene rings is 1. The van der Waals surface area contributed by atoms with E-state index in [2.05, 4.69) is 0 Å². The molecule has 1 aromatic heterocycles. The van der Waals surface area contributed by atoms with Crippen molar-refractivity contribution in [3.05, 3.63) is 46.3 Å². The van der Waals surface area contributed by atoms with Crippen molar-refractivity contribution < 1.29 is 19.1 Å². The number of amides is 1. The molecule has 3 rings (SSSR count). The van der Waals surface area contributed by atoms with Gasteiger partial charge in [0.15, 0.2) is 11.2 Å². The van der Waals surface area contributed by atoms with Gasteiger partial charge in [-0.25, -0.2) is 0 Å². The van der Waals surface area contributed by atoms with Gasteiger partial charge >= 0.3 is 5.97 Å². The lowest BCUT2D eigenvalue weighted by Gasteiger charge is -2.29. The zero-order valence-corrected chi connectivity index (χ0v) is 11.8. The highest BCUT2D eigenvalue weighted by Gasteiger charge is 2.28. The summed E-state index contributed by atoms with van der Waals surface area (Å²) in [6.45, 7) is 0.707. The first kappa shape index (κ1) is 14.3. The van der Waals surface area contributed by atoms with Gasteiger partial charge in [0.1, 0.15) is 5.58 Å². The van der Waals surface area contributed by atoms with Crippen LogP contribution in [0.2, 0.25) is 0 Å². The summed E-state index contributed by atoms with van der Waals surface area (Å²) in [5.74, 6) is -1.61. The Hall–Kier alpha value is -2.63. The van der Waals surface area contributed by atoms with E-state index in [-0.39, 0.29) is 17.1 Å². The quantitative estimate of drug-likeness (QED) is 0.912. The maximum atomic E-state index is 12.4. The summed E-state index contributed by atoms with van der Waals surface area (Å²) in [6.07, 6.45) is 0.831. The molecule has 1 amide bonds. The molecule has 2 aromatic rings. The number of piperidine rings is 1. The molecule has 2 heterocycles. The van der Waals surface area contributed by atoms with Crippen molar-refractivity contribution in [2.45, 2.75) is 12.8 Å². The molecule has 0 atom stereocenters. The van der Waals surface area contributed by atoms with Crippen LogP contribution in [0.25, 0.3) is 11.0 Å². The zero-order valence-electron chi connectivity index (χ0n) is 11.8. The number of aliphatic carboxylic acids is 1. The standard InChI is InChI=1S/C16H15NO5/c18-12-9-14(22-13-4-2-1-3-11(12)13)15(19)17-7-5-10(6-8-17)16(20)21/h1-4,9-10H,5-8H2,(H,20,21). The monoisotopic (exact) mass is 301 g/mol. The summed E-state index contributed by atoms with van der Waals surface area (Å²) in [5, 5.41) is 9.41. The van der Waals surface area contributed by atoms with Gasteiger partial charge in [-0.2, -0.15) is 0 Å². The zero-order chi connectivity index (χ0) is 15.7. The summed E-state index contributed by atoms with van der Waals surface area (Å²) in [6, 6.07) is 7.96. The summed E-state index contributed by atoms with van der Waals surface area (Å²) >= 11 is 0. The predicted molar refractivity (Wildman–Crippen MR) is 78.7 cm³/mol. The number of carboxylic acid groups (broad SMARTS) is 1. The molecule has 0 bridgehead atoms. The van der Waals surface area contributed by atoms with E-state index in [9.17, 15) is 14.4 Å². The fourth-order valence-corrected chi connectivity index (χ4v) is 2.69.